The number of aliphatic hydroxyl groups excluding tert-OH is 1. The van der Waals surface area contributed by atoms with Crippen molar-refractivity contribution in [1.29, 1.82) is 0 Å². The van der Waals surface area contributed by atoms with E-state index in [4.69, 9.17) is 0 Å². The first-order valence-corrected chi connectivity index (χ1v) is 4.95. The highest BCUT2D eigenvalue weighted by atomic mass is 16.3. The van der Waals surface area contributed by atoms with Crippen molar-refractivity contribution < 1.29 is 5.11 Å². The van der Waals surface area contributed by atoms with Gasteiger partial charge in [0, 0.05) is 5.54 Å². The molecule has 1 aliphatic carbocycles. The van der Waals surface area contributed by atoms with Gasteiger partial charge < -0.3 is 10.4 Å². The second kappa shape index (κ2) is 3.75. The highest BCUT2D eigenvalue weighted by Crippen LogP contribution is 2.26. The molecule has 0 bridgehead atoms. The van der Waals surface area contributed by atoms with Crippen LogP contribution in [-0.2, 0) is 0 Å². The topological polar surface area (TPSA) is 32.3 Å². The fraction of sp³-hybridized carbons (Fsp3) is 1.00. The van der Waals surface area contributed by atoms with Crippen LogP contribution >= 0.6 is 0 Å². The number of rotatable bonds is 4. The first-order valence-electron chi connectivity index (χ1n) is 4.95. The van der Waals surface area contributed by atoms with E-state index in [-0.39, 0.29) is 11.6 Å². The second-order valence-electron chi connectivity index (χ2n) is 4.58. The van der Waals surface area contributed by atoms with Crippen molar-refractivity contribution in [3.63, 3.8) is 0 Å². The van der Waals surface area contributed by atoms with E-state index >= 15 is 0 Å². The predicted molar refractivity (Wildman–Crippen MR) is 51.1 cm³/mol. The molecule has 1 rings (SSSR count). The average Bonchev–Trinajstić information content (AvgIpc) is 1.83. The molecule has 72 valence electrons. The third kappa shape index (κ3) is 2.46. The van der Waals surface area contributed by atoms with Crippen molar-refractivity contribution in [2.45, 2.75) is 51.7 Å². The average molecular weight is 171 g/mol. The third-order valence-electron chi connectivity index (χ3n) is 3.12. The molecule has 1 atom stereocenters. The highest BCUT2D eigenvalue weighted by Gasteiger charge is 2.26. The Morgan fingerprint density at radius 2 is 2.08 bits per heavy atom. The molecule has 0 heterocycles. The molecule has 1 saturated carbocycles. The van der Waals surface area contributed by atoms with E-state index in [2.05, 4.69) is 19.2 Å². The second-order valence-corrected chi connectivity index (χ2v) is 4.58. The molecule has 0 spiro atoms. The van der Waals surface area contributed by atoms with Crippen LogP contribution in [0, 0.1) is 5.92 Å². The van der Waals surface area contributed by atoms with Crippen LogP contribution < -0.4 is 5.32 Å². The molecular formula is C10H21NO. The minimum absolute atomic E-state index is 0.129. The maximum Gasteiger partial charge on any atom is 0.0688 e. The first kappa shape index (κ1) is 10.0. The Morgan fingerprint density at radius 1 is 1.50 bits per heavy atom. The molecule has 0 saturated heterocycles. The number of aliphatic hydroxyl groups is 1. The van der Waals surface area contributed by atoms with Crippen molar-refractivity contribution in [2.75, 3.05) is 6.54 Å². The zero-order valence-corrected chi connectivity index (χ0v) is 8.43. The maximum absolute atomic E-state index is 9.42. The largest absolute Gasteiger partial charge is 0.392 e. The normalized spacial score (nSPS) is 22.0. The van der Waals surface area contributed by atoms with E-state index < -0.39 is 0 Å². The van der Waals surface area contributed by atoms with Gasteiger partial charge in [0.05, 0.1) is 6.10 Å². The van der Waals surface area contributed by atoms with Crippen LogP contribution in [0.15, 0.2) is 0 Å². The van der Waals surface area contributed by atoms with Gasteiger partial charge in [-0.25, -0.2) is 0 Å². The minimum atomic E-state index is -0.280. The van der Waals surface area contributed by atoms with Crippen molar-refractivity contribution in [3.05, 3.63) is 0 Å². The molecule has 0 aromatic heterocycles. The lowest BCUT2D eigenvalue weighted by Crippen LogP contribution is -2.50. The SMILES string of the molecule is CC(O)C(C)(C)NCC1CCC1. The summed E-state index contributed by atoms with van der Waals surface area (Å²) in [7, 11) is 0. The Kier molecular flexibility index (Phi) is 3.13. The summed E-state index contributed by atoms with van der Waals surface area (Å²) in [5, 5.41) is 12.8. The Morgan fingerprint density at radius 3 is 2.42 bits per heavy atom. The smallest absolute Gasteiger partial charge is 0.0688 e. The molecule has 0 aliphatic heterocycles. The van der Waals surface area contributed by atoms with Gasteiger partial charge in [0.2, 0.25) is 0 Å². The van der Waals surface area contributed by atoms with Crippen molar-refractivity contribution in [2.24, 2.45) is 5.92 Å². The molecule has 0 amide bonds. The Labute approximate surface area is 75.4 Å². The molecule has 12 heavy (non-hydrogen) atoms. The molecular weight excluding hydrogens is 150 g/mol. The van der Waals surface area contributed by atoms with E-state index in [0.29, 0.717) is 0 Å². The van der Waals surface area contributed by atoms with Crippen LogP contribution in [0.25, 0.3) is 0 Å². The number of hydrogen-bond donors (Lipinski definition) is 2. The summed E-state index contributed by atoms with van der Waals surface area (Å²) in [6.07, 6.45) is 3.84. The summed E-state index contributed by atoms with van der Waals surface area (Å²) < 4.78 is 0. The summed E-state index contributed by atoms with van der Waals surface area (Å²) in [5.41, 5.74) is -0.129. The Balaban J connectivity index is 2.19. The molecule has 2 heteroatoms. The Hall–Kier alpha value is -0.0800. The van der Waals surface area contributed by atoms with E-state index in [1.165, 1.54) is 19.3 Å². The summed E-state index contributed by atoms with van der Waals surface area (Å²) in [5.74, 6) is 0.864. The fourth-order valence-electron chi connectivity index (χ4n) is 1.25. The van der Waals surface area contributed by atoms with Crippen LogP contribution in [0.3, 0.4) is 0 Å². The first-order chi connectivity index (χ1) is 5.52. The van der Waals surface area contributed by atoms with Crippen molar-refractivity contribution in [3.8, 4) is 0 Å². The molecule has 0 aromatic carbocycles. The highest BCUT2D eigenvalue weighted by molar-refractivity contribution is 4.85. The summed E-state index contributed by atoms with van der Waals surface area (Å²) >= 11 is 0. The summed E-state index contributed by atoms with van der Waals surface area (Å²) in [6, 6.07) is 0. The van der Waals surface area contributed by atoms with Crippen LogP contribution in [0.5, 0.6) is 0 Å². The van der Waals surface area contributed by atoms with Gasteiger partial charge in [-0.3, -0.25) is 0 Å². The van der Waals surface area contributed by atoms with Gasteiger partial charge in [-0.1, -0.05) is 6.42 Å². The number of hydrogen-bond acceptors (Lipinski definition) is 2. The summed E-state index contributed by atoms with van der Waals surface area (Å²) in [4.78, 5) is 0. The Bertz CT molecular complexity index is 139. The van der Waals surface area contributed by atoms with Gasteiger partial charge in [0.1, 0.15) is 0 Å². The van der Waals surface area contributed by atoms with Crippen LogP contribution in [0.1, 0.15) is 40.0 Å². The zero-order valence-electron chi connectivity index (χ0n) is 8.43. The van der Waals surface area contributed by atoms with Crippen molar-refractivity contribution >= 4 is 0 Å². The molecule has 1 unspecified atom stereocenters. The molecule has 1 fully saturated rings. The van der Waals surface area contributed by atoms with Gasteiger partial charge in [-0.2, -0.15) is 0 Å². The molecule has 2 N–H and O–H groups in total. The minimum Gasteiger partial charge on any atom is -0.392 e. The molecule has 0 radical (unpaired) electrons. The predicted octanol–water partition coefficient (Wildman–Crippen LogP) is 1.54. The molecule has 1 aliphatic rings. The lowest BCUT2D eigenvalue weighted by Gasteiger charge is -2.34. The zero-order chi connectivity index (χ0) is 9.19. The quantitative estimate of drug-likeness (QED) is 0.672. The van der Waals surface area contributed by atoms with Gasteiger partial charge in [0.25, 0.3) is 0 Å². The fourth-order valence-corrected chi connectivity index (χ4v) is 1.25. The molecule has 2 nitrogen and oxygen atoms in total. The van der Waals surface area contributed by atoms with E-state index in [9.17, 15) is 5.11 Å². The van der Waals surface area contributed by atoms with Crippen molar-refractivity contribution in [1.82, 2.24) is 5.32 Å². The molecule has 0 aromatic rings. The standard InChI is InChI=1S/C10H21NO/c1-8(12)10(2,3)11-7-9-5-4-6-9/h8-9,11-12H,4-7H2,1-3H3. The summed E-state index contributed by atoms with van der Waals surface area (Å²) in [6.45, 7) is 7.01. The third-order valence-corrected chi connectivity index (χ3v) is 3.12. The number of nitrogens with one attached hydrogen (secondary N) is 1. The van der Waals surface area contributed by atoms with Gasteiger partial charge in [-0.05, 0) is 46.1 Å². The van der Waals surface area contributed by atoms with Gasteiger partial charge in [-0.15, -0.1) is 0 Å². The van der Waals surface area contributed by atoms with Crippen LogP contribution in [-0.4, -0.2) is 23.3 Å². The van der Waals surface area contributed by atoms with E-state index in [0.717, 1.165) is 12.5 Å². The lowest BCUT2D eigenvalue weighted by molar-refractivity contribution is 0.0895. The van der Waals surface area contributed by atoms with E-state index in [1.54, 1.807) is 0 Å². The van der Waals surface area contributed by atoms with E-state index in [1.807, 2.05) is 6.92 Å². The monoisotopic (exact) mass is 171 g/mol. The van der Waals surface area contributed by atoms with Gasteiger partial charge >= 0.3 is 0 Å². The van der Waals surface area contributed by atoms with Gasteiger partial charge in [0.15, 0.2) is 0 Å². The maximum atomic E-state index is 9.42. The van der Waals surface area contributed by atoms with Crippen LogP contribution in [0.2, 0.25) is 0 Å². The van der Waals surface area contributed by atoms with Crippen LogP contribution in [0.4, 0.5) is 0 Å². The lowest BCUT2D eigenvalue weighted by atomic mass is 9.84.